The second-order valence-electron chi connectivity index (χ2n) is 4.81. The molecule has 0 bridgehead atoms. The average Bonchev–Trinajstić information content (AvgIpc) is 2.84. The van der Waals surface area contributed by atoms with E-state index in [-0.39, 0.29) is 19.0 Å². The van der Waals surface area contributed by atoms with Crippen molar-refractivity contribution in [3.8, 4) is 0 Å². The van der Waals surface area contributed by atoms with Crippen LogP contribution in [-0.4, -0.2) is 30.1 Å². The van der Waals surface area contributed by atoms with Gasteiger partial charge >= 0.3 is 11.9 Å². The molecule has 0 saturated carbocycles. The molecule has 0 saturated heterocycles. The van der Waals surface area contributed by atoms with Gasteiger partial charge in [-0.05, 0) is 53.9 Å². The molecule has 0 aliphatic rings. The number of fused-ring (bicyclic) bond motifs is 1. The molecule has 124 valence electrons. The van der Waals surface area contributed by atoms with Gasteiger partial charge in [0.2, 0.25) is 0 Å². The largest absolute Gasteiger partial charge is 0.466 e. The lowest BCUT2D eigenvalue weighted by Crippen LogP contribution is -2.10. The van der Waals surface area contributed by atoms with Gasteiger partial charge in [0, 0.05) is 21.3 Å². The Kier molecular flexibility index (Phi) is 6.07. The molecule has 7 heteroatoms. The highest BCUT2D eigenvalue weighted by atomic mass is 79.9. The summed E-state index contributed by atoms with van der Waals surface area (Å²) in [6.07, 6.45) is 0.539. The topological polar surface area (TPSA) is 68.4 Å². The number of hydrogen-bond donors (Lipinski definition) is 1. The number of carbonyl (C=O) groups is 2. The van der Waals surface area contributed by atoms with Crippen LogP contribution in [0.25, 0.3) is 10.9 Å². The lowest BCUT2D eigenvalue weighted by atomic mass is 10.1. The van der Waals surface area contributed by atoms with E-state index >= 15 is 0 Å². The number of aromatic nitrogens is 1. The van der Waals surface area contributed by atoms with Crippen molar-refractivity contribution in [1.82, 2.24) is 4.98 Å². The number of aromatic amines is 1. The zero-order chi connectivity index (χ0) is 17.0. The van der Waals surface area contributed by atoms with Gasteiger partial charge in [0.05, 0.1) is 18.7 Å². The number of nitrogens with one attached hydrogen (secondary N) is 1. The molecule has 1 heterocycles. The maximum atomic E-state index is 12.2. The van der Waals surface area contributed by atoms with E-state index in [1.54, 1.807) is 26.0 Å². The van der Waals surface area contributed by atoms with Crippen LogP contribution in [0.3, 0.4) is 0 Å². The minimum Gasteiger partial charge on any atom is -0.466 e. The molecule has 0 aliphatic heterocycles. The fraction of sp³-hybridized carbons (Fsp3) is 0.375. The zero-order valence-corrected chi connectivity index (χ0v) is 15.2. The fourth-order valence-electron chi connectivity index (χ4n) is 2.37. The third-order valence-corrected chi connectivity index (χ3v) is 4.14. The summed E-state index contributed by atoms with van der Waals surface area (Å²) in [6, 6.07) is 3.51. The van der Waals surface area contributed by atoms with Gasteiger partial charge in [-0.2, -0.15) is 0 Å². The van der Waals surface area contributed by atoms with E-state index in [2.05, 4.69) is 20.9 Å². The highest BCUT2D eigenvalue weighted by molar-refractivity contribution is 9.10. The van der Waals surface area contributed by atoms with Crippen molar-refractivity contribution in [3.05, 3.63) is 32.9 Å². The SMILES string of the molecule is CCOC(=O)CCc1c(C(=O)OCC)[nH]c2c(Br)cc(Cl)cc12. The van der Waals surface area contributed by atoms with E-state index in [4.69, 9.17) is 21.1 Å². The molecule has 5 nitrogen and oxygen atoms in total. The number of rotatable bonds is 6. The monoisotopic (exact) mass is 401 g/mol. The molecular weight excluding hydrogens is 386 g/mol. The van der Waals surface area contributed by atoms with Crippen LogP contribution >= 0.6 is 27.5 Å². The lowest BCUT2D eigenvalue weighted by molar-refractivity contribution is -0.143. The highest BCUT2D eigenvalue weighted by Crippen LogP contribution is 2.33. The smallest absolute Gasteiger partial charge is 0.355 e. The van der Waals surface area contributed by atoms with Crippen molar-refractivity contribution in [2.75, 3.05) is 13.2 Å². The van der Waals surface area contributed by atoms with Crippen LogP contribution in [0, 0.1) is 0 Å². The first kappa shape index (κ1) is 17.8. The molecular formula is C16H17BrClNO4. The maximum Gasteiger partial charge on any atom is 0.355 e. The van der Waals surface area contributed by atoms with E-state index in [0.29, 0.717) is 29.3 Å². The molecule has 1 aromatic heterocycles. The number of carbonyl (C=O) groups excluding carboxylic acids is 2. The van der Waals surface area contributed by atoms with E-state index < -0.39 is 5.97 Å². The quantitative estimate of drug-likeness (QED) is 0.733. The summed E-state index contributed by atoms with van der Waals surface area (Å²) in [6.45, 7) is 4.10. The van der Waals surface area contributed by atoms with Gasteiger partial charge in [-0.25, -0.2) is 4.79 Å². The van der Waals surface area contributed by atoms with Crippen molar-refractivity contribution < 1.29 is 19.1 Å². The van der Waals surface area contributed by atoms with E-state index in [9.17, 15) is 9.59 Å². The summed E-state index contributed by atoms with van der Waals surface area (Å²) in [5, 5.41) is 1.33. The molecule has 1 aromatic carbocycles. The van der Waals surface area contributed by atoms with Crippen molar-refractivity contribution in [1.29, 1.82) is 0 Å². The standard InChI is InChI=1S/C16H17BrClNO4/c1-3-22-13(20)6-5-10-11-7-9(18)8-12(17)14(11)19-15(10)16(21)23-4-2/h7-8,19H,3-6H2,1-2H3. The van der Waals surface area contributed by atoms with Gasteiger partial charge in [0.1, 0.15) is 5.69 Å². The molecule has 0 spiro atoms. The van der Waals surface area contributed by atoms with Gasteiger partial charge in [-0.1, -0.05) is 11.6 Å². The Morgan fingerprint density at radius 1 is 1.22 bits per heavy atom. The van der Waals surface area contributed by atoms with Crippen LogP contribution in [-0.2, 0) is 20.7 Å². The molecule has 1 N–H and O–H groups in total. The van der Waals surface area contributed by atoms with Crippen LogP contribution in [0.15, 0.2) is 16.6 Å². The van der Waals surface area contributed by atoms with Crippen molar-refractivity contribution in [3.63, 3.8) is 0 Å². The Hall–Kier alpha value is -1.53. The van der Waals surface area contributed by atoms with E-state index in [1.165, 1.54) is 0 Å². The summed E-state index contributed by atoms with van der Waals surface area (Å²) in [4.78, 5) is 26.9. The fourth-order valence-corrected chi connectivity index (χ4v) is 3.28. The molecule has 2 rings (SSSR count). The van der Waals surface area contributed by atoms with Gasteiger partial charge in [0.15, 0.2) is 0 Å². The summed E-state index contributed by atoms with van der Waals surface area (Å²) >= 11 is 9.54. The normalized spacial score (nSPS) is 10.8. The van der Waals surface area contributed by atoms with Gasteiger partial charge in [-0.15, -0.1) is 0 Å². The Morgan fingerprint density at radius 3 is 2.57 bits per heavy atom. The Labute approximate surface area is 147 Å². The first-order valence-corrected chi connectivity index (χ1v) is 8.47. The molecule has 23 heavy (non-hydrogen) atoms. The number of H-pyrrole nitrogens is 1. The van der Waals surface area contributed by atoms with Gasteiger partial charge in [-0.3, -0.25) is 4.79 Å². The van der Waals surface area contributed by atoms with Crippen LogP contribution in [0.4, 0.5) is 0 Å². The van der Waals surface area contributed by atoms with E-state index in [1.807, 2.05) is 0 Å². The van der Waals surface area contributed by atoms with E-state index in [0.717, 1.165) is 15.4 Å². The molecule has 0 unspecified atom stereocenters. The number of hydrogen-bond acceptors (Lipinski definition) is 4. The first-order valence-electron chi connectivity index (χ1n) is 7.30. The lowest BCUT2D eigenvalue weighted by Gasteiger charge is -2.05. The predicted molar refractivity (Wildman–Crippen MR) is 91.9 cm³/mol. The second-order valence-corrected chi connectivity index (χ2v) is 6.10. The van der Waals surface area contributed by atoms with Crippen molar-refractivity contribution in [2.45, 2.75) is 26.7 Å². The van der Waals surface area contributed by atoms with Crippen LogP contribution < -0.4 is 0 Å². The zero-order valence-electron chi connectivity index (χ0n) is 12.9. The Balaban J connectivity index is 2.46. The van der Waals surface area contributed by atoms with Gasteiger partial charge in [0.25, 0.3) is 0 Å². The summed E-state index contributed by atoms with van der Waals surface area (Å²) in [7, 11) is 0. The van der Waals surface area contributed by atoms with Crippen LogP contribution in [0.2, 0.25) is 5.02 Å². The molecule has 0 amide bonds. The summed E-state index contributed by atoms with van der Waals surface area (Å²) in [5.41, 5.74) is 1.79. The van der Waals surface area contributed by atoms with Gasteiger partial charge < -0.3 is 14.5 Å². The second kappa shape index (κ2) is 7.84. The number of esters is 2. The molecule has 0 aliphatic carbocycles. The number of aryl methyl sites for hydroxylation is 1. The minimum absolute atomic E-state index is 0.178. The number of benzene rings is 1. The molecule has 0 atom stereocenters. The van der Waals surface area contributed by atoms with Crippen LogP contribution in [0.5, 0.6) is 0 Å². The predicted octanol–water partition coefficient (Wildman–Crippen LogP) is 4.26. The molecule has 2 aromatic rings. The number of ether oxygens (including phenoxy) is 2. The maximum absolute atomic E-state index is 12.2. The third-order valence-electron chi connectivity index (χ3n) is 3.30. The highest BCUT2D eigenvalue weighted by Gasteiger charge is 2.21. The first-order chi connectivity index (χ1) is 11.0. The van der Waals surface area contributed by atoms with Crippen molar-refractivity contribution >= 4 is 50.4 Å². The van der Waals surface area contributed by atoms with Crippen LogP contribution in [0.1, 0.15) is 36.3 Å². The summed E-state index contributed by atoms with van der Waals surface area (Å²) < 4.78 is 10.8. The third kappa shape index (κ3) is 4.06. The molecule has 0 fully saturated rings. The summed E-state index contributed by atoms with van der Waals surface area (Å²) in [5.74, 6) is -0.761. The number of halogens is 2. The Morgan fingerprint density at radius 2 is 1.91 bits per heavy atom. The molecule has 0 radical (unpaired) electrons. The minimum atomic E-state index is -0.453. The average molecular weight is 403 g/mol. The van der Waals surface area contributed by atoms with Crippen molar-refractivity contribution in [2.24, 2.45) is 0 Å². The Bertz CT molecular complexity index is 741.